The summed E-state index contributed by atoms with van der Waals surface area (Å²) in [5, 5.41) is 1.75. The molecule has 0 spiro atoms. The molecule has 0 amide bonds. The highest BCUT2D eigenvalue weighted by Crippen LogP contribution is 2.35. The SMILES string of the molecule is CCOc1cc(CN2CCC(C3CC(N(N)c4ncc(-c5ccc(OC)cc5)cn4)CCN3c3ncc(-c4ccc(OC)cc4)cn3)CC2)ccc1F.Cl.Cl. The molecule has 14 heteroatoms. The molecule has 2 aliphatic heterocycles. The molecular weight excluding hydrogens is 742 g/mol. The molecule has 2 unspecified atom stereocenters. The van der Waals surface area contributed by atoms with E-state index < -0.39 is 0 Å². The number of likely N-dealkylation sites (tertiary alicyclic amines) is 1. The number of ether oxygens (including phenoxy) is 3. The number of nitrogens with two attached hydrogens (primary N) is 1. The van der Waals surface area contributed by atoms with Crippen LogP contribution < -0.4 is 30.0 Å². The first-order valence-electron chi connectivity index (χ1n) is 18.3. The van der Waals surface area contributed by atoms with Gasteiger partial charge in [0.25, 0.3) is 0 Å². The van der Waals surface area contributed by atoms with E-state index in [2.05, 4.69) is 19.8 Å². The van der Waals surface area contributed by atoms with Gasteiger partial charge in [-0.2, -0.15) is 0 Å². The summed E-state index contributed by atoms with van der Waals surface area (Å²) in [7, 11) is 3.32. The maximum Gasteiger partial charge on any atom is 0.240 e. The third-order valence-electron chi connectivity index (χ3n) is 10.5. The Morgan fingerprint density at radius 2 is 1.31 bits per heavy atom. The smallest absolute Gasteiger partial charge is 0.240 e. The van der Waals surface area contributed by atoms with E-state index in [-0.39, 0.29) is 42.7 Å². The van der Waals surface area contributed by atoms with Gasteiger partial charge in [0.15, 0.2) is 11.6 Å². The Morgan fingerprint density at radius 3 is 1.85 bits per heavy atom. The van der Waals surface area contributed by atoms with Crippen molar-refractivity contribution in [2.45, 2.75) is 51.2 Å². The van der Waals surface area contributed by atoms with E-state index in [1.54, 1.807) is 19.2 Å². The lowest BCUT2D eigenvalue weighted by Gasteiger charge is -2.47. The third kappa shape index (κ3) is 9.74. The molecule has 2 aromatic heterocycles. The van der Waals surface area contributed by atoms with Crippen molar-refractivity contribution in [2.75, 3.05) is 50.4 Å². The number of aromatic nitrogens is 4. The first-order chi connectivity index (χ1) is 25.9. The summed E-state index contributed by atoms with van der Waals surface area (Å²) in [6.07, 6.45) is 11.1. The molecule has 2 atom stereocenters. The quantitative estimate of drug-likeness (QED) is 0.0994. The van der Waals surface area contributed by atoms with E-state index in [9.17, 15) is 4.39 Å². The minimum absolute atomic E-state index is 0. The van der Waals surface area contributed by atoms with E-state index in [4.69, 9.17) is 30.0 Å². The van der Waals surface area contributed by atoms with Crippen LogP contribution in [0.1, 0.15) is 38.2 Å². The molecule has 0 aliphatic carbocycles. The van der Waals surface area contributed by atoms with Crippen LogP contribution in [0.2, 0.25) is 0 Å². The number of rotatable bonds is 12. The van der Waals surface area contributed by atoms with Crippen LogP contribution in [0.15, 0.2) is 91.5 Å². The van der Waals surface area contributed by atoms with Crippen LogP contribution in [0.3, 0.4) is 0 Å². The van der Waals surface area contributed by atoms with Crippen molar-refractivity contribution in [3.05, 3.63) is 103 Å². The predicted molar refractivity (Wildman–Crippen MR) is 219 cm³/mol. The molecule has 7 rings (SSSR count). The summed E-state index contributed by atoms with van der Waals surface area (Å²) in [6, 6.07) is 21.1. The zero-order chi connectivity index (χ0) is 36.7. The second-order valence-electron chi connectivity index (χ2n) is 13.7. The van der Waals surface area contributed by atoms with Crippen LogP contribution in [0, 0.1) is 11.7 Å². The normalized spacial score (nSPS) is 17.4. The van der Waals surface area contributed by atoms with Crippen LogP contribution in [0.25, 0.3) is 22.3 Å². The molecule has 3 aromatic carbocycles. The summed E-state index contributed by atoms with van der Waals surface area (Å²) in [5.41, 5.74) is 4.95. The fourth-order valence-electron chi connectivity index (χ4n) is 7.54. The summed E-state index contributed by atoms with van der Waals surface area (Å²) in [6.45, 7) is 5.67. The molecule has 2 saturated heterocycles. The van der Waals surface area contributed by atoms with Crippen LogP contribution in [-0.4, -0.2) is 77.4 Å². The van der Waals surface area contributed by atoms with Gasteiger partial charge in [0.05, 0.1) is 26.9 Å². The summed E-state index contributed by atoms with van der Waals surface area (Å²) in [4.78, 5) is 24.0. The van der Waals surface area contributed by atoms with Gasteiger partial charge >= 0.3 is 0 Å². The van der Waals surface area contributed by atoms with Crippen LogP contribution in [0.5, 0.6) is 17.2 Å². The van der Waals surface area contributed by atoms with Crippen LogP contribution >= 0.6 is 24.8 Å². The topological polar surface area (TPSA) is 115 Å². The van der Waals surface area contributed by atoms with Gasteiger partial charge in [0.2, 0.25) is 11.9 Å². The van der Waals surface area contributed by atoms with E-state index in [0.717, 1.165) is 97.1 Å². The predicted octanol–water partition coefficient (Wildman–Crippen LogP) is 7.63. The molecule has 4 heterocycles. The van der Waals surface area contributed by atoms with Gasteiger partial charge < -0.3 is 19.1 Å². The van der Waals surface area contributed by atoms with E-state index >= 15 is 0 Å². The zero-order valence-corrected chi connectivity index (χ0v) is 33.0. The monoisotopic (exact) mass is 790 g/mol. The van der Waals surface area contributed by atoms with E-state index in [0.29, 0.717) is 24.2 Å². The minimum Gasteiger partial charge on any atom is -0.497 e. The van der Waals surface area contributed by atoms with Crippen LogP contribution in [0.4, 0.5) is 16.3 Å². The number of anilines is 2. The number of piperidine rings is 2. The lowest BCUT2D eigenvalue weighted by molar-refractivity contribution is 0.148. The Morgan fingerprint density at radius 1 is 0.745 bits per heavy atom. The van der Waals surface area contributed by atoms with Gasteiger partial charge in [0.1, 0.15) is 11.5 Å². The highest BCUT2D eigenvalue weighted by Gasteiger charge is 2.39. The first-order valence-corrected chi connectivity index (χ1v) is 18.3. The molecule has 5 aromatic rings. The number of halogens is 3. The number of nitrogens with zero attached hydrogens (tertiary/aromatic N) is 7. The zero-order valence-electron chi connectivity index (χ0n) is 31.4. The Kier molecular flexibility index (Phi) is 14.5. The van der Waals surface area contributed by atoms with Crippen molar-refractivity contribution in [1.29, 1.82) is 0 Å². The Hall–Kier alpha value is -4.75. The molecule has 0 radical (unpaired) electrons. The van der Waals surface area contributed by atoms with Crippen molar-refractivity contribution in [1.82, 2.24) is 24.8 Å². The fraction of sp³-hybridized carbons (Fsp3) is 0.366. The minimum atomic E-state index is -0.326. The van der Waals surface area contributed by atoms with E-state index in [1.807, 2.05) is 92.4 Å². The summed E-state index contributed by atoms with van der Waals surface area (Å²) >= 11 is 0. The van der Waals surface area contributed by atoms with Gasteiger partial charge in [-0.05, 0) is 105 Å². The Bertz CT molecular complexity index is 1930. The van der Waals surface area contributed by atoms with Gasteiger partial charge in [-0.1, -0.05) is 30.3 Å². The molecule has 2 fully saturated rings. The van der Waals surface area contributed by atoms with E-state index in [1.165, 1.54) is 6.07 Å². The highest BCUT2D eigenvalue weighted by molar-refractivity contribution is 5.85. The molecule has 0 bridgehead atoms. The Balaban J connectivity index is 0.00000290. The van der Waals surface area contributed by atoms with Crippen molar-refractivity contribution >= 4 is 36.7 Å². The Labute approximate surface area is 334 Å². The highest BCUT2D eigenvalue weighted by atomic mass is 35.5. The molecule has 2 N–H and O–H groups in total. The molecule has 11 nitrogen and oxygen atoms in total. The van der Waals surface area contributed by atoms with Crippen molar-refractivity contribution in [2.24, 2.45) is 11.8 Å². The average Bonchev–Trinajstić information content (AvgIpc) is 3.22. The summed E-state index contributed by atoms with van der Waals surface area (Å²) in [5.74, 6) is 10.0. The third-order valence-corrected chi connectivity index (χ3v) is 10.5. The second-order valence-corrected chi connectivity index (χ2v) is 13.7. The number of hydrazine groups is 1. The summed E-state index contributed by atoms with van der Waals surface area (Å²) < 4.78 is 30.4. The maximum atomic E-state index is 14.2. The fourth-order valence-corrected chi connectivity index (χ4v) is 7.54. The standard InChI is InChI=1S/C41H47FN8O3.2ClH/c1-4-53-39-21-28(5-14-37(39)42)27-48-18-15-31(16-19-48)38-22-34(50(43)41-46-25-33(26-47-41)30-8-12-36(52-3)13-9-30)17-20-49(38)40-44-23-32(24-45-40)29-6-10-35(51-2)11-7-29;;/h5-14,21,23-26,31,34,38H,4,15-20,22,27,43H2,1-3H3;2*1H. The van der Waals surface area contributed by atoms with Gasteiger partial charge in [-0.25, -0.2) is 30.2 Å². The van der Waals surface area contributed by atoms with Crippen molar-refractivity contribution in [3.8, 4) is 39.5 Å². The maximum absolute atomic E-state index is 14.2. The molecule has 55 heavy (non-hydrogen) atoms. The van der Waals surface area contributed by atoms with Crippen molar-refractivity contribution < 1.29 is 18.6 Å². The molecule has 0 saturated carbocycles. The van der Waals surface area contributed by atoms with Gasteiger partial charge in [0, 0.05) is 55.0 Å². The molecule has 292 valence electrons. The van der Waals surface area contributed by atoms with Gasteiger partial charge in [-0.3, -0.25) is 9.91 Å². The average molecular weight is 792 g/mol. The van der Waals surface area contributed by atoms with Crippen LogP contribution in [-0.2, 0) is 6.54 Å². The van der Waals surface area contributed by atoms with Crippen molar-refractivity contribution in [3.63, 3.8) is 0 Å². The molecular formula is C41H49Cl2FN8O3. The largest absolute Gasteiger partial charge is 0.497 e. The van der Waals surface area contributed by atoms with Gasteiger partial charge in [-0.15, -0.1) is 24.8 Å². The number of hydrogen-bond donors (Lipinski definition) is 1. The first kappa shape index (κ1) is 41.4. The lowest BCUT2D eigenvalue weighted by atomic mass is 9.82. The number of methoxy groups -OCH3 is 2. The molecule has 2 aliphatic rings. The second kappa shape index (κ2) is 19.2. The number of hydrogen-bond acceptors (Lipinski definition) is 11. The number of benzene rings is 3. The lowest BCUT2D eigenvalue weighted by Crippen LogP contribution is -2.56.